The maximum absolute atomic E-state index is 12.8. The number of carbonyl (C=O) groups is 1. The van der Waals surface area contributed by atoms with Crippen LogP contribution in [-0.4, -0.2) is 55.0 Å². The van der Waals surface area contributed by atoms with Crippen molar-refractivity contribution in [2.45, 2.75) is 43.2 Å². The van der Waals surface area contributed by atoms with Gasteiger partial charge in [0, 0.05) is 24.4 Å². The molecule has 1 spiro atoms. The van der Waals surface area contributed by atoms with Gasteiger partial charge in [0.05, 0.1) is 23.7 Å². The Morgan fingerprint density at radius 1 is 1.15 bits per heavy atom. The van der Waals surface area contributed by atoms with E-state index in [1.54, 1.807) is 0 Å². The topological polar surface area (TPSA) is 101 Å². The van der Waals surface area contributed by atoms with Gasteiger partial charge in [-0.15, -0.1) is 0 Å². The minimum atomic E-state index is -2.96. The molecular formula is C19H26N2O4S. The smallest absolute Gasteiger partial charge is 0.225 e. The van der Waals surface area contributed by atoms with Crippen molar-refractivity contribution in [2.75, 3.05) is 24.6 Å². The molecular weight excluding hydrogens is 352 g/mol. The second-order valence-corrected chi connectivity index (χ2v) is 10.3. The van der Waals surface area contributed by atoms with Crippen LogP contribution in [0.1, 0.15) is 42.9 Å². The first kappa shape index (κ1) is 17.9. The van der Waals surface area contributed by atoms with Crippen molar-refractivity contribution >= 4 is 15.7 Å². The molecule has 4 rings (SSSR count). The van der Waals surface area contributed by atoms with Gasteiger partial charge in [-0.1, -0.05) is 24.3 Å². The number of fused-ring (bicyclic) bond motifs is 2. The van der Waals surface area contributed by atoms with Crippen LogP contribution in [0.15, 0.2) is 24.3 Å². The zero-order chi connectivity index (χ0) is 18.5. The largest absolute Gasteiger partial charge is 0.390 e. The van der Waals surface area contributed by atoms with E-state index in [9.17, 15) is 18.3 Å². The van der Waals surface area contributed by atoms with Crippen LogP contribution in [0.5, 0.6) is 0 Å². The summed E-state index contributed by atoms with van der Waals surface area (Å²) in [7, 11) is -2.96. The third kappa shape index (κ3) is 2.77. The van der Waals surface area contributed by atoms with Gasteiger partial charge in [-0.05, 0) is 36.8 Å². The second-order valence-electron chi connectivity index (χ2n) is 7.97. The molecule has 1 amide bonds. The Kier molecular flexibility index (Phi) is 4.36. The van der Waals surface area contributed by atoms with E-state index in [1.165, 1.54) is 0 Å². The molecule has 26 heavy (non-hydrogen) atoms. The van der Waals surface area contributed by atoms with Crippen LogP contribution in [0, 0.1) is 5.92 Å². The molecule has 142 valence electrons. The fourth-order valence-corrected chi connectivity index (χ4v) is 6.49. The Bertz CT molecular complexity index is 801. The number of likely N-dealkylation sites (tertiary alicyclic amines) is 1. The van der Waals surface area contributed by atoms with Crippen molar-refractivity contribution in [1.82, 2.24) is 4.90 Å². The SMILES string of the molecule is N[C@@H]1c2ccccc2C2(CCN(C(=O)C3CCS(=O)(=O)CC3)CC2)[C@H]1O. The lowest BCUT2D eigenvalue weighted by molar-refractivity contribution is -0.138. The number of piperidine rings is 1. The van der Waals surface area contributed by atoms with E-state index in [4.69, 9.17) is 5.73 Å². The summed E-state index contributed by atoms with van der Waals surface area (Å²) in [6, 6.07) is 7.58. The van der Waals surface area contributed by atoms with E-state index < -0.39 is 15.9 Å². The number of amides is 1. The van der Waals surface area contributed by atoms with Crippen molar-refractivity contribution in [2.24, 2.45) is 11.7 Å². The molecule has 7 heteroatoms. The van der Waals surface area contributed by atoms with Gasteiger partial charge in [0.25, 0.3) is 0 Å². The summed E-state index contributed by atoms with van der Waals surface area (Å²) in [6.45, 7) is 1.17. The van der Waals surface area contributed by atoms with Crippen LogP contribution < -0.4 is 5.73 Å². The third-order valence-electron chi connectivity index (χ3n) is 6.63. The van der Waals surface area contributed by atoms with Crippen molar-refractivity contribution in [3.05, 3.63) is 35.4 Å². The Hall–Kier alpha value is -1.44. The number of aliphatic hydroxyl groups is 1. The number of carbonyl (C=O) groups excluding carboxylic acids is 1. The van der Waals surface area contributed by atoms with Crippen LogP contribution in [0.3, 0.4) is 0 Å². The first-order chi connectivity index (χ1) is 12.3. The van der Waals surface area contributed by atoms with Crippen molar-refractivity contribution < 1.29 is 18.3 Å². The van der Waals surface area contributed by atoms with E-state index >= 15 is 0 Å². The Morgan fingerprint density at radius 2 is 1.77 bits per heavy atom. The number of nitrogens with zero attached hydrogens (tertiary/aromatic N) is 1. The van der Waals surface area contributed by atoms with Crippen molar-refractivity contribution in [1.29, 1.82) is 0 Å². The molecule has 0 unspecified atom stereocenters. The molecule has 0 saturated carbocycles. The number of sulfone groups is 1. The van der Waals surface area contributed by atoms with Gasteiger partial charge in [-0.2, -0.15) is 0 Å². The maximum Gasteiger partial charge on any atom is 0.225 e. The number of hydrogen-bond donors (Lipinski definition) is 2. The molecule has 2 heterocycles. The van der Waals surface area contributed by atoms with Crippen molar-refractivity contribution in [3.8, 4) is 0 Å². The number of aliphatic hydroxyl groups excluding tert-OH is 1. The van der Waals surface area contributed by atoms with Gasteiger partial charge < -0.3 is 15.7 Å². The molecule has 6 nitrogen and oxygen atoms in total. The van der Waals surface area contributed by atoms with Gasteiger partial charge in [0.1, 0.15) is 9.84 Å². The van der Waals surface area contributed by atoms with E-state index in [0.29, 0.717) is 38.8 Å². The Morgan fingerprint density at radius 3 is 2.42 bits per heavy atom. The average Bonchev–Trinajstić information content (AvgIpc) is 2.85. The molecule has 1 aromatic rings. The summed E-state index contributed by atoms with van der Waals surface area (Å²) in [5.74, 6) is 0.111. The lowest BCUT2D eigenvalue weighted by Crippen LogP contribution is -2.51. The Labute approximate surface area is 154 Å². The van der Waals surface area contributed by atoms with Crippen LogP contribution in [0.2, 0.25) is 0 Å². The van der Waals surface area contributed by atoms with Gasteiger partial charge >= 0.3 is 0 Å². The van der Waals surface area contributed by atoms with E-state index in [2.05, 4.69) is 6.07 Å². The quantitative estimate of drug-likeness (QED) is 0.751. The zero-order valence-electron chi connectivity index (χ0n) is 14.8. The van der Waals surface area contributed by atoms with E-state index in [1.807, 2.05) is 23.1 Å². The molecule has 2 atom stereocenters. The van der Waals surface area contributed by atoms with Gasteiger partial charge in [-0.25, -0.2) is 8.42 Å². The van der Waals surface area contributed by atoms with Gasteiger partial charge in [0.2, 0.25) is 5.91 Å². The molecule has 2 aliphatic heterocycles. The number of nitrogens with two attached hydrogens (primary N) is 1. The monoisotopic (exact) mass is 378 g/mol. The molecule has 3 aliphatic rings. The number of hydrogen-bond acceptors (Lipinski definition) is 5. The van der Waals surface area contributed by atoms with Gasteiger partial charge in [0.15, 0.2) is 0 Å². The standard InChI is InChI=1S/C19H26N2O4S/c20-16-14-3-1-2-4-15(14)19(17(16)22)7-9-21(10-8-19)18(23)13-5-11-26(24,25)12-6-13/h1-4,13,16-17,22H,5-12,20H2/t16-,17+/m1/s1. The molecule has 2 fully saturated rings. The van der Waals surface area contributed by atoms with Crippen molar-refractivity contribution in [3.63, 3.8) is 0 Å². The molecule has 0 radical (unpaired) electrons. The molecule has 3 N–H and O–H groups in total. The second kappa shape index (κ2) is 6.32. The lowest BCUT2D eigenvalue weighted by Gasteiger charge is -2.43. The predicted octanol–water partition coefficient (Wildman–Crippen LogP) is 0.746. The van der Waals surface area contributed by atoms with Crippen LogP contribution in [0.25, 0.3) is 0 Å². The highest BCUT2D eigenvalue weighted by molar-refractivity contribution is 7.91. The summed E-state index contributed by atoms with van der Waals surface area (Å²) in [5, 5.41) is 10.8. The summed E-state index contributed by atoms with van der Waals surface area (Å²) in [6.07, 6.45) is 1.61. The van der Waals surface area contributed by atoms with Gasteiger partial charge in [-0.3, -0.25) is 4.79 Å². The highest BCUT2D eigenvalue weighted by Crippen LogP contribution is 2.50. The van der Waals surface area contributed by atoms with E-state index in [-0.39, 0.29) is 34.8 Å². The minimum Gasteiger partial charge on any atom is -0.390 e. The summed E-state index contributed by atoms with van der Waals surface area (Å²) >= 11 is 0. The fourth-order valence-electron chi connectivity index (χ4n) is 5.00. The third-order valence-corrected chi connectivity index (χ3v) is 8.35. The summed E-state index contributed by atoms with van der Waals surface area (Å²) in [5.41, 5.74) is 8.00. The summed E-state index contributed by atoms with van der Waals surface area (Å²) in [4.78, 5) is 14.7. The number of rotatable bonds is 1. The van der Waals surface area contributed by atoms with Crippen LogP contribution in [-0.2, 0) is 20.0 Å². The van der Waals surface area contributed by atoms with E-state index in [0.717, 1.165) is 11.1 Å². The highest BCUT2D eigenvalue weighted by Gasteiger charge is 2.52. The normalized spacial score (nSPS) is 30.3. The minimum absolute atomic E-state index is 0.0693. The Balaban J connectivity index is 1.47. The molecule has 2 saturated heterocycles. The zero-order valence-corrected chi connectivity index (χ0v) is 15.6. The first-order valence-corrected chi connectivity index (χ1v) is 11.2. The lowest BCUT2D eigenvalue weighted by atomic mass is 9.72. The summed E-state index contributed by atoms with van der Waals surface area (Å²) < 4.78 is 23.2. The molecule has 1 aliphatic carbocycles. The first-order valence-electron chi connectivity index (χ1n) is 9.36. The predicted molar refractivity (Wildman–Crippen MR) is 98.2 cm³/mol. The number of benzene rings is 1. The fraction of sp³-hybridized carbons (Fsp3) is 0.632. The molecule has 1 aromatic carbocycles. The highest BCUT2D eigenvalue weighted by atomic mass is 32.2. The molecule has 0 aromatic heterocycles. The van der Waals surface area contributed by atoms with Crippen LogP contribution in [0.4, 0.5) is 0 Å². The maximum atomic E-state index is 12.8. The van der Waals surface area contributed by atoms with Crippen LogP contribution >= 0.6 is 0 Å². The molecule has 0 bridgehead atoms. The average molecular weight is 378 g/mol.